The van der Waals surface area contributed by atoms with Gasteiger partial charge in [-0.15, -0.1) is 0 Å². The molecule has 0 fully saturated rings. The molecule has 1 atom stereocenters. The van der Waals surface area contributed by atoms with Gasteiger partial charge >= 0.3 is 0 Å². The van der Waals surface area contributed by atoms with E-state index in [1.807, 2.05) is 0 Å². The van der Waals surface area contributed by atoms with Crippen LogP contribution in [0.2, 0.25) is 0 Å². The molecule has 0 N–H and O–H groups in total. The molecule has 0 aliphatic rings. The highest BCUT2D eigenvalue weighted by Crippen LogP contribution is 2.20. The van der Waals surface area contributed by atoms with E-state index in [0.29, 0.717) is 11.3 Å². The topological polar surface area (TPSA) is 35.5 Å². The van der Waals surface area contributed by atoms with Gasteiger partial charge < -0.3 is 9.47 Å². The van der Waals surface area contributed by atoms with E-state index in [1.165, 1.54) is 14.2 Å². The Morgan fingerprint density at radius 3 is 2.57 bits per heavy atom. The highest BCUT2D eigenvalue weighted by Gasteiger charge is 2.19. The van der Waals surface area contributed by atoms with Crippen molar-refractivity contribution < 1.29 is 14.3 Å². The molecule has 0 saturated heterocycles. The maximum atomic E-state index is 11.6. The monoisotopic (exact) mass is 214 g/mol. The number of ether oxygens (including phenoxy) is 2. The van der Waals surface area contributed by atoms with Gasteiger partial charge in [0.1, 0.15) is 5.75 Å². The van der Waals surface area contributed by atoms with E-state index in [-0.39, 0.29) is 5.78 Å². The summed E-state index contributed by atoms with van der Waals surface area (Å²) in [5, 5.41) is 0. The Labute approximate surface area is 87.6 Å². The third kappa shape index (κ3) is 2.25. The van der Waals surface area contributed by atoms with Crippen LogP contribution in [0.1, 0.15) is 10.4 Å². The van der Waals surface area contributed by atoms with E-state index < -0.39 is 5.56 Å². The number of hydrogen-bond donors (Lipinski definition) is 0. The number of para-hydroxylation sites is 1. The normalized spacial score (nSPS) is 12.2. The van der Waals surface area contributed by atoms with Gasteiger partial charge in [-0.2, -0.15) is 0 Å². The number of hydrogen-bond acceptors (Lipinski definition) is 3. The number of carbonyl (C=O) groups excluding carboxylic acids is 1. The smallest absolute Gasteiger partial charge is 0.210 e. The molecule has 0 bridgehead atoms. The molecular weight excluding hydrogens is 204 g/mol. The zero-order valence-corrected chi connectivity index (χ0v) is 8.75. The van der Waals surface area contributed by atoms with Gasteiger partial charge in [-0.1, -0.05) is 23.7 Å². The molecule has 0 aromatic heterocycles. The number of halogens is 1. The molecule has 1 aromatic carbocycles. The molecule has 0 aliphatic heterocycles. The minimum Gasteiger partial charge on any atom is -0.496 e. The number of carbonyl (C=O) groups is 1. The second-order valence-corrected chi connectivity index (χ2v) is 3.01. The Bertz CT molecular complexity index is 325. The molecule has 4 heteroatoms. The van der Waals surface area contributed by atoms with Crippen molar-refractivity contribution in [3.05, 3.63) is 29.8 Å². The third-order valence-electron chi connectivity index (χ3n) is 1.79. The van der Waals surface area contributed by atoms with Crippen molar-refractivity contribution in [1.29, 1.82) is 0 Å². The molecule has 1 rings (SSSR count). The van der Waals surface area contributed by atoms with Gasteiger partial charge in [-0.3, -0.25) is 4.79 Å². The molecule has 3 nitrogen and oxygen atoms in total. The number of alkyl halides is 1. The van der Waals surface area contributed by atoms with Crippen LogP contribution in [0.25, 0.3) is 0 Å². The van der Waals surface area contributed by atoms with E-state index >= 15 is 0 Å². The Hall–Kier alpha value is -1.06. The summed E-state index contributed by atoms with van der Waals surface area (Å²) in [5.74, 6) is 0.201. The maximum Gasteiger partial charge on any atom is 0.210 e. The Morgan fingerprint density at radius 2 is 2.00 bits per heavy atom. The Balaban J connectivity index is 3.00. The summed E-state index contributed by atoms with van der Waals surface area (Å²) in [6.45, 7) is 0. The molecular formula is C10H11ClO3. The first-order valence-corrected chi connectivity index (χ1v) is 4.48. The van der Waals surface area contributed by atoms with Crippen molar-refractivity contribution in [2.75, 3.05) is 14.2 Å². The van der Waals surface area contributed by atoms with E-state index in [4.69, 9.17) is 21.1 Å². The van der Waals surface area contributed by atoms with Gasteiger partial charge in [0.25, 0.3) is 0 Å². The number of Topliss-reactive ketones (excluding diaryl/α,β-unsaturated/α-hetero) is 1. The van der Waals surface area contributed by atoms with Crippen LogP contribution in [0.5, 0.6) is 5.75 Å². The zero-order chi connectivity index (χ0) is 10.6. The quantitative estimate of drug-likeness (QED) is 0.569. The van der Waals surface area contributed by atoms with Gasteiger partial charge in [0.2, 0.25) is 5.78 Å². The lowest BCUT2D eigenvalue weighted by Gasteiger charge is -2.09. The fourth-order valence-electron chi connectivity index (χ4n) is 1.08. The summed E-state index contributed by atoms with van der Waals surface area (Å²) >= 11 is 5.65. The number of rotatable bonds is 4. The van der Waals surface area contributed by atoms with E-state index in [0.717, 1.165) is 0 Å². The van der Waals surface area contributed by atoms with E-state index in [9.17, 15) is 4.79 Å². The van der Waals surface area contributed by atoms with Crippen molar-refractivity contribution >= 4 is 17.4 Å². The van der Waals surface area contributed by atoms with Crippen LogP contribution in [-0.2, 0) is 4.74 Å². The number of methoxy groups -OCH3 is 2. The van der Waals surface area contributed by atoms with Crippen LogP contribution in [0.4, 0.5) is 0 Å². The lowest BCUT2D eigenvalue weighted by Crippen LogP contribution is -2.17. The van der Waals surface area contributed by atoms with E-state index in [1.54, 1.807) is 24.3 Å². The summed E-state index contributed by atoms with van der Waals surface area (Å²) in [5.41, 5.74) is -0.539. The van der Waals surface area contributed by atoms with Crippen LogP contribution in [-0.4, -0.2) is 25.6 Å². The first-order chi connectivity index (χ1) is 6.70. The minimum absolute atomic E-state index is 0.299. The molecule has 1 unspecified atom stereocenters. The molecule has 0 spiro atoms. The maximum absolute atomic E-state index is 11.6. The van der Waals surface area contributed by atoms with Crippen LogP contribution in [0, 0.1) is 0 Å². The van der Waals surface area contributed by atoms with Gasteiger partial charge in [0, 0.05) is 7.11 Å². The molecule has 14 heavy (non-hydrogen) atoms. The van der Waals surface area contributed by atoms with Crippen molar-refractivity contribution in [2.24, 2.45) is 0 Å². The lowest BCUT2D eigenvalue weighted by molar-refractivity contribution is 0.0779. The number of benzene rings is 1. The highest BCUT2D eigenvalue weighted by molar-refractivity contribution is 6.33. The fraction of sp³-hybridized carbons (Fsp3) is 0.300. The van der Waals surface area contributed by atoms with Crippen LogP contribution in [0.3, 0.4) is 0 Å². The highest BCUT2D eigenvalue weighted by atomic mass is 35.5. The summed E-state index contributed by atoms with van der Waals surface area (Å²) < 4.78 is 9.75. The molecule has 0 radical (unpaired) electrons. The lowest BCUT2D eigenvalue weighted by atomic mass is 10.1. The standard InChI is InChI=1S/C10H11ClO3/c1-13-8-6-4-3-5-7(8)9(12)10(11)14-2/h3-6,10H,1-2H3. The first-order valence-electron chi connectivity index (χ1n) is 4.04. The second kappa shape index (κ2) is 4.98. The van der Waals surface area contributed by atoms with Gasteiger partial charge in [0.15, 0.2) is 5.56 Å². The predicted octanol–water partition coefficient (Wildman–Crippen LogP) is 2.09. The summed E-state index contributed by atoms with van der Waals surface area (Å²) in [6, 6.07) is 6.88. The number of ketones is 1. The van der Waals surface area contributed by atoms with Crippen molar-refractivity contribution in [3.8, 4) is 5.75 Å². The molecule has 0 amide bonds. The molecule has 76 valence electrons. The van der Waals surface area contributed by atoms with Crippen molar-refractivity contribution in [3.63, 3.8) is 0 Å². The van der Waals surface area contributed by atoms with Crippen molar-refractivity contribution in [1.82, 2.24) is 0 Å². The molecule has 1 aromatic rings. The average molecular weight is 215 g/mol. The second-order valence-electron chi connectivity index (χ2n) is 2.62. The molecule has 0 heterocycles. The first kappa shape index (κ1) is 11.0. The average Bonchev–Trinajstić information content (AvgIpc) is 2.26. The van der Waals surface area contributed by atoms with Crippen LogP contribution < -0.4 is 4.74 Å². The van der Waals surface area contributed by atoms with Crippen molar-refractivity contribution in [2.45, 2.75) is 5.56 Å². The third-order valence-corrected chi connectivity index (χ3v) is 2.16. The Kier molecular flexibility index (Phi) is 3.92. The molecule has 0 aliphatic carbocycles. The fourth-order valence-corrected chi connectivity index (χ4v) is 1.20. The molecule has 0 saturated carbocycles. The minimum atomic E-state index is -0.966. The van der Waals surface area contributed by atoms with Crippen LogP contribution in [0.15, 0.2) is 24.3 Å². The van der Waals surface area contributed by atoms with Gasteiger partial charge in [0.05, 0.1) is 12.7 Å². The van der Waals surface area contributed by atoms with Crippen LogP contribution >= 0.6 is 11.6 Å². The van der Waals surface area contributed by atoms with E-state index in [2.05, 4.69) is 0 Å². The predicted molar refractivity (Wildman–Crippen MR) is 54.0 cm³/mol. The zero-order valence-electron chi connectivity index (χ0n) is 7.99. The summed E-state index contributed by atoms with van der Waals surface area (Å²) in [7, 11) is 2.88. The van der Waals surface area contributed by atoms with Gasteiger partial charge in [-0.05, 0) is 12.1 Å². The summed E-state index contributed by atoms with van der Waals surface area (Å²) in [6.07, 6.45) is 0. The SMILES string of the molecule is COc1ccccc1C(=O)C(Cl)OC. The Morgan fingerprint density at radius 1 is 1.36 bits per heavy atom. The summed E-state index contributed by atoms with van der Waals surface area (Å²) in [4.78, 5) is 11.6. The van der Waals surface area contributed by atoms with Gasteiger partial charge in [-0.25, -0.2) is 0 Å². The largest absolute Gasteiger partial charge is 0.496 e.